The Morgan fingerprint density at radius 3 is 1.43 bits per heavy atom. The predicted molar refractivity (Wildman–Crippen MR) is 94.6 cm³/mol. The summed E-state index contributed by atoms with van der Waals surface area (Å²) in [6.07, 6.45) is 20.6. The van der Waals surface area contributed by atoms with Crippen LogP contribution in [0.1, 0.15) is 110 Å². The number of rotatable bonds is 17. The molecular formula is C19H41NO. The average Bonchev–Trinajstić information content (AvgIpc) is 2.48. The molecule has 2 nitrogen and oxygen atoms in total. The second kappa shape index (κ2) is 18.0. The van der Waals surface area contributed by atoms with E-state index in [1.807, 2.05) is 0 Å². The van der Waals surface area contributed by atoms with Crippen LogP contribution < -0.4 is 5.73 Å². The second-order valence-electron chi connectivity index (χ2n) is 6.62. The third kappa shape index (κ3) is 17.9. The molecule has 0 fully saturated rings. The van der Waals surface area contributed by atoms with Crippen LogP contribution >= 0.6 is 0 Å². The van der Waals surface area contributed by atoms with Gasteiger partial charge in [0.2, 0.25) is 0 Å². The van der Waals surface area contributed by atoms with Gasteiger partial charge < -0.3 is 10.8 Å². The first-order valence-electron chi connectivity index (χ1n) is 9.69. The van der Waals surface area contributed by atoms with E-state index in [-0.39, 0.29) is 6.10 Å². The van der Waals surface area contributed by atoms with Crippen molar-refractivity contribution >= 4 is 0 Å². The minimum atomic E-state index is -0.0836. The van der Waals surface area contributed by atoms with Gasteiger partial charge in [0.25, 0.3) is 0 Å². The second-order valence-corrected chi connectivity index (χ2v) is 6.62. The summed E-state index contributed by atoms with van der Waals surface area (Å²) in [4.78, 5) is 0. The monoisotopic (exact) mass is 299 g/mol. The molecule has 3 N–H and O–H groups in total. The van der Waals surface area contributed by atoms with Gasteiger partial charge in [0.15, 0.2) is 0 Å². The highest BCUT2D eigenvalue weighted by atomic mass is 16.3. The highest BCUT2D eigenvalue weighted by molar-refractivity contribution is 4.57. The molecule has 128 valence electrons. The van der Waals surface area contributed by atoms with Crippen molar-refractivity contribution in [1.82, 2.24) is 0 Å². The van der Waals surface area contributed by atoms with E-state index in [0.29, 0.717) is 0 Å². The summed E-state index contributed by atoms with van der Waals surface area (Å²) in [5, 5.41) is 9.80. The third-order valence-corrected chi connectivity index (χ3v) is 4.38. The Kier molecular flexibility index (Phi) is 17.9. The Hall–Kier alpha value is -0.0800. The molecule has 0 aromatic heterocycles. The molecule has 21 heavy (non-hydrogen) atoms. The highest BCUT2D eigenvalue weighted by Gasteiger charge is 2.03. The van der Waals surface area contributed by atoms with E-state index in [1.165, 1.54) is 77.0 Å². The minimum Gasteiger partial charge on any atom is -0.393 e. The molecule has 0 bridgehead atoms. The lowest BCUT2D eigenvalue weighted by Gasteiger charge is -2.09. The van der Waals surface area contributed by atoms with Crippen LogP contribution in [0.15, 0.2) is 0 Å². The summed E-state index contributed by atoms with van der Waals surface area (Å²) in [5.41, 5.74) is 5.45. The van der Waals surface area contributed by atoms with Gasteiger partial charge in [-0.15, -0.1) is 0 Å². The quantitative estimate of drug-likeness (QED) is 0.345. The molecule has 0 aromatic carbocycles. The molecule has 0 aliphatic heterocycles. The van der Waals surface area contributed by atoms with Crippen LogP contribution in [0.5, 0.6) is 0 Å². The number of aliphatic hydroxyl groups is 1. The lowest BCUT2D eigenvalue weighted by atomic mass is 10.0. The van der Waals surface area contributed by atoms with Gasteiger partial charge >= 0.3 is 0 Å². The van der Waals surface area contributed by atoms with Crippen LogP contribution in [0.2, 0.25) is 0 Å². The van der Waals surface area contributed by atoms with Gasteiger partial charge in [0.05, 0.1) is 6.10 Å². The first-order chi connectivity index (χ1) is 10.3. The van der Waals surface area contributed by atoms with E-state index in [2.05, 4.69) is 6.92 Å². The van der Waals surface area contributed by atoms with E-state index >= 15 is 0 Å². The highest BCUT2D eigenvalue weighted by Crippen LogP contribution is 2.14. The molecule has 0 saturated heterocycles. The maximum Gasteiger partial charge on any atom is 0.0540 e. The summed E-state index contributed by atoms with van der Waals surface area (Å²) in [6.45, 7) is 3.03. The molecule has 0 radical (unpaired) electrons. The lowest BCUT2D eigenvalue weighted by Crippen LogP contribution is -2.07. The molecule has 2 heteroatoms. The maximum atomic E-state index is 9.80. The van der Waals surface area contributed by atoms with Crippen molar-refractivity contribution in [2.75, 3.05) is 6.54 Å². The number of unbranched alkanes of at least 4 members (excludes halogenated alkanes) is 12. The molecule has 0 heterocycles. The molecular weight excluding hydrogens is 258 g/mol. The van der Waals surface area contributed by atoms with E-state index in [1.54, 1.807) is 0 Å². The van der Waals surface area contributed by atoms with E-state index < -0.39 is 0 Å². The summed E-state index contributed by atoms with van der Waals surface area (Å²) in [7, 11) is 0. The first-order valence-corrected chi connectivity index (χ1v) is 9.69. The molecule has 0 aliphatic carbocycles. The molecule has 1 unspecified atom stereocenters. The van der Waals surface area contributed by atoms with Crippen molar-refractivity contribution in [2.45, 2.75) is 116 Å². The SMILES string of the molecule is CCCCCCCCCCCCCCC(O)CCCCN. The number of nitrogens with two attached hydrogens (primary N) is 1. The van der Waals surface area contributed by atoms with Crippen molar-refractivity contribution in [1.29, 1.82) is 0 Å². The zero-order valence-electron chi connectivity index (χ0n) is 14.6. The van der Waals surface area contributed by atoms with Gasteiger partial charge in [-0.1, -0.05) is 84.0 Å². The fourth-order valence-electron chi connectivity index (χ4n) is 2.89. The Bertz CT molecular complexity index is 184. The van der Waals surface area contributed by atoms with E-state index in [9.17, 15) is 5.11 Å². The Morgan fingerprint density at radius 1 is 0.619 bits per heavy atom. The van der Waals surface area contributed by atoms with E-state index in [4.69, 9.17) is 5.73 Å². The minimum absolute atomic E-state index is 0.0836. The molecule has 0 rings (SSSR count). The number of hydrogen-bond acceptors (Lipinski definition) is 2. The van der Waals surface area contributed by atoms with Gasteiger partial charge in [-0.05, 0) is 32.2 Å². The molecule has 0 spiro atoms. The van der Waals surface area contributed by atoms with Crippen molar-refractivity contribution in [3.63, 3.8) is 0 Å². The predicted octanol–water partition coefficient (Wildman–Crippen LogP) is 5.57. The Balaban J connectivity index is 3.05. The van der Waals surface area contributed by atoms with Gasteiger partial charge in [0, 0.05) is 0 Å². The topological polar surface area (TPSA) is 46.2 Å². The van der Waals surface area contributed by atoms with E-state index in [0.717, 1.165) is 32.2 Å². The Morgan fingerprint density at radius 2 is 1.00 bits per heavy atom. The van der Waals surface area contributed by atoms with Crippen LogP contribution in [-0.4, -0.2) is 17.8 Å². The normalized spacial score (nSPS) is 12.7. The number of aliphatic hydroxyl groups excluding tert-OH is 1. The van der Waals surface area contributed by atoms with Gasteiger partial charge in [0.1, 0.15) is 0 Å². The molecule has 0 aliphatic rings. The van der Waals surface area contributed by atoms with Crippen LogP contribution in [0.4, 0.5) is 0 Å². The summed E-state index contributed by atoms with van der Waals surface area (Å²) >= 11 is 0. The molecule has 0 amide bonds. The lowest BCUT2D eigenvalue weighted by molar-refractivity contribution is 0.147. The fraction of sp³-hybridized carbons (Fsp3) is 1.00. The van der Waals surface area contributed by atoms with Gasteiger partial charge in [-0.25, -0.2) is 0 Å². The van der Waals surface area contributed by atoms with Crippen LogP contribution in [0.3, 0.4) is 0 Å². The number of hydrogen-bond donors (Lipinski definition) is 2. The summed E-state index contributed by atoms with van der Waals surface area (Å²) < 4.78 is 0. The molecule has 0 aromatic rings. The third-order valence-electron chi connectivity index (χ3n) is 4.38. The van der Waals surface area contributed by atoms with Crippen molar-refractivity contribution in [2.24, 2.45) is 5.73 Å². The summed E-state index contributed by atoms with van der Waals surface area (Å²) in [5.74, 6) is 0. The smallest absolute Gasteiger partial charge is 0.0540 e. The fourth-order valence-corrected chi connectivity index (χ4v) is 2.89. The van der Waals surface area contributed by atoms with Crippen molar-refractivity contribution in [3.8, 4) is 0 Å². The zero-order chi connectivity index (χ0) is 15.6. The van der Waals surface area contributed by atoms with Crippen LogP contribution in [0, 0.1) is 0 Å². The van der Waals surface area contributed by atoms with Crippen LogP contribution in [0.25, 0.3) is 0 Å². The Labute approximate surface area is 133 Å². The zero-order valence-corrected chi connectivity index (χ0v) is 14.6. The standard InChI is InChI=1S/C19H41NO/c1-2-3-4-5-6-7-8-9-10-11-12-13-16-19(21)17-14-15-18-20/h19,21H,2-18,20H2,1H3. The molecule has 1 atom stereocenters. The van der Waals surface area contributed by atoms with Gasteiger partial charge in [-0.3, -0.25) is 0 Å². The van der Waals surface area contributed by atoms with Crippen molar-refractivity contribution < 1.29 is 5.11 Å². The molecule has 0 saturated carbocycles. The van der Waals surface area contributed by atoms with Crippen molar-refractivity contribution in [3.05, 3.63) is 0 Å². The summed E-state index contributed by atoms with van der Waals surface area (Å²) in [6, 6.07) is 0. The average molecular weight is 300 g/mol. The largest absolute Gasteiger partial charge is 0.393 e. The van der Waals surface area contributed by atoms with Crippen LogP contribution in [-0.2, 0) is 0 Å². The van der Waals surface area contributed by atoms with Gasteiger partial charge in [-0.2, -0.15) is 0 Å². The first kappa shape index (κ1) is 20.9. The maximum absolute atomic E-state index is 9.80.